The number of nitrogens with zero attached hydrogens (tertiary/aromatic N) is 4. The molecule has 1 N–H and O–H groups in total. The van der Waals surface area contributed by atoms with Crippen molar-refractivity contribution >= 4 is 27.9 Å². The molecule has 3 aromatic heterocycles. The first-order chi connectivity index (χ1) is 16.6. The van der Waals surface area contributed by atoms with Crippen molar-refractivity contribution in [1.82, 2.24) is 19.5 Å². The van der Waals surface area contributed by atoms with Gasteiger partial charge in [-0.25, -0.2) is 14.8 Å². The Kier molecular flexibility index (Phi) is 5.83. The number of carbonyl (C=O) groups is 1. The molecule has 0 radical (unpaired) electrons. The van der Waals surface area contributed by atoms with E-state index >= 15 is 0 Å². The number of fused-ring (bicyclic) bond motifs is 2. The first-order valence-corrected chi connectivity index (χ1v) is 10.9. The van der Waals surface area contributed by atoms with E-state index in [1.165, 1.54) is 0 Å². The molecule has 35 heavy (non-hydrogen) atoms. The van der Waals surface area contributed by atoms with E-state index in [1.807, 2.05) is 90.5 Å². The molecule has 6 aromatic rings. The number of carboxylic acid groups (broad SMARTS) is 1. The molecule has 0 aliphatic heterocycles. The third-order valence-electron chi connectivity index (χ3n) is 6.10. The quantitative estimate of drug-likeness (QED) is 0.265. The minimum atomic E-state index is -1.07. The molecule has 0 saturated carbocycles. The van der Waals surface area contributed by atoms with Crippen LogP contribution in [0.1, 0.15) is 10.5 Å². The van der Waals surface area contributed by atoms with Gasteiger partial charge in [-0.05, 0) is 34.7 Å². The number of aromatic nitrogens is 4. The summed E-state index contributed by atoms with van der Waals surface area (Å²) in [5.74, 6) is -0.272. The van der Waals surface area contributed by atoms with Crippen molar-refractivity contribution in [3.63, 3.8) is 0 Å². The smallest absolute Gasteiger partial charge is 0.354 e. The van der Waals surface area contributed by atoms with E-state index in [9.17, 15) is 9.90 Å². The van der Waals surface area contributed by atoms with E-state index in [4.69, 9.17) is 4.98 Å². The first kappa shape index (κ1) is 22.8. The normalized spacial score (nSPS) is 11.0. The van der Waals surface area contributed by atoms with E-state index in [0.29, 0.717) is 5.69 Å². The number of benzene rings is 3. The van der Waals surface area contributed by atoms with Crippen LogP contribution in [0.25, 0.3) is 55.7 Å². The SMILES string of the molecule is Cn1c(-c2cccc3cc[n-]c23)nc2c(-c3cc(-c4ccccc4)cc(C(=O)O)n3)cccc21.[Pt]. The van der Waals surface area contributed by atoms with Crippen LogP contribution in [0.4, 0.5) is 0 Å². The van der Waals surface area contributed by atoms with Gasteiger partial charge in [0.25, 0.3) is 0 Å². The molecule has 6 rings (SSSR count). The summed E-state index contributed by atoms with van der Waals surface area (Å²) in [4.78, 5) is 25.9. The summed E-state index contributed by atoms with van der Waals surface area (Å²) in [6, 6.07) is 27.2. The Morgan fingerprint density at radius 2 is 1.63 bits per heavy atom. The Hall–Kier alpha value is -4.02. The Morgan fingerprint density at radius 1 is 0.857 bits per heavy atom. The Labute approximate surface area is 215 Å². The van der Waals surface area contributed by atoms with Gasteiger partial charge < -0.3 is 14.7 Å². The Morgan fingerprint density at radius 3 is 2.43 bits per heavy atom. The summed E-state index contributed by atoms with van der Waals surface area (Å²) >= 11 is 0. The second-order valence-electron chi connectivity index (χ2n) is 8.15. The first-order valence-electron chi connectivity index (χ1n) is 10.9. The molecule has 0 saturated heterocycles. The van der Waals surface area contributed by atoms with Crippen molar-refractivity contribution in [2.75, 3.05) is 0 Å². The number of carboxylic acids is 1. The fourth-order valence-corrected chi connectivity index (χ4v) is 4.45. The summed E-state index contributed by atoms with van der Waals surface area (Å²) < 4.78 is 2.04. The van der Waals surface area contributed by atoms with Gasteiger partial charge in [-0.2, -0.15) is 6.20 Å². The summed E-state index contributed by atoms with van der Waals surface area (Å²) in [5, 5.41) is 10.8. The molecular weight excluding hydrogens is 619 g/mol. The summed E-state index contributed by atoms with van der Waals surface area (Å²) in [6.07, 6.45) is 1.80. The maximum absolute atomic E-state index is 11.9. The van der Waals surface area contributed by atoms with E-state index in [1.54, 1.807) is 12.3 Å². The van der Waals surface area contributed by atoms with Crippen LogP contribution < -0.4 is 4.98 Å². The number of hydrogen-bond acceptors (Lipinski definition) is 3. The third-order valence-corrected chi connectivity index (χ3v) is 6.10. The molecule has 0 spiro atoms. The van der Waals surface area contributed by atoms with Crippen LogP contribution in [0, 0.1) is 0 Å². The van der Waals surface area contributed by atoms with Crippen molar-refractivity contribution in [2.24, 2.45) is 7.05 Å². The monoisotopic (exact) mass is 638 g/mol. The van der Waals surface area contributed by atoms with Crippen LogP contribution in [0.15, 0.2) is 91.1 Å². The molecule has 0 atom stereocenters. The molecule has 7 heteroatoms. The van der Waals surface area contributed by atoms with E-state index in [0.717, 1.165) is 50.0 Å². The van der Waals surface area contributed by atoms with Crippen molar-refractivity contribution in [2.45, 2.75) is 0 Å². The molecule has 0 amide bonds. The number of para-hydroxylation sites is 2. The zero-order valence-electron chi connectivity index (χ0n) is 18.6. The Balaban J connectivity index is 0.00000253. The molecule has 6 nitrogen and oxygen atoms in total. The van der Waals surface area contributed by atoms with Crippen LogP contribution in [-0.4, -0.2) is 25.6 Å². The average Bonchev–Trinajstić information content (AvgIpc) is 3.49. The molecule has 0 aliphatic carbocycles. The van der Waals surface area contributed by atoms with Gasteiger partial charge in [0.1, 0.15) is 11.5 Å². The van der Waals surface area contributed by atoms with Gasteiger partial charge in [0, 0.05) is 39.2 Å². The number of aryl methyl sites for hydroxylation is 1. The van der Waals surface area contributed by atoms with Gasteiger partial charge in [0.05, 0.1) is 16.7 Å². The molecule has 0 fully saturated rings. The van der Waals surface area contributed by atoms with Gasteiger partial charge in [-0.3, -0.25) is 0 Å². The second-order valence-corrected chi connectivity index (χ2v) is 8.15. The van der Waals surface area contributed by atoms with Crippen molar-refractivity contribution in [1.29, 1.82) is 0 Å². The minimum absolute atomic E-state index is 0. The van der Waals surface area contributed by atoms with E-state index in [2.05, 4.69) is 9.97 Å². The predicted octanol–water partition coefficient (Wildman–Crippen LogP) is 5.78. The fraction of sp³-hybridized carbons (Fsp3) is 0.0357. The molecule has 0 bridgehead atoms. The maximum Gasteiger partial charge on any atom is 0.354 e. The van der Waals surface area contributed by atoms with Crippen molar-refractivity contribution in [3.8, 4) is 33.8 Å². The van der Waals surface area contributed by atoms with Crippen LogP contribution in [-0.2, 0) is 28.1 Å². The number of rotatable bonds is 4. The van der Waals surface area contributed by atoms with Gasteiger partial charge in [-0.15, -0.1) is 5.52 Å². The van der Waals surface area contributed by atoms with Crippen LogP contribution in [0.5, 0.6) is 0 Å². The van der Waals surface area contributed by atoms with E-state index in [-0.39, 0.29) is 26.8 Å². The zero-order chi connectivity index (χ0) is 23.2. The van der Waals surface area contributed by atoms with Crippen LogP contribution in [0.2, 0.25) is 0 Å². The molecular formula is C28H19N4O2Pt-. The minimum Gasteiger partial charge on any atom is -0.663 e. The molecule has 0 aliphatic rings. The van der Waals surface area contributed by atoms with Crippen molar-refractivity contribution in [3.05, 3.63) is 96.8 Å². The standard InChI is InChI=1S/C28H20N4O2.Pt/c1-32-24-12-6-10-20(26(24)31-27(32)21-11-5-9-18-13-14-29-25(18)21)22-15-19(16-23(30-22)28(33)34)17-7-3-2-4-8-17;/h2-16H,1H3,(H2,29,30,31,33,34);/p-1. The van der Waals surface area contributed by atoms with Gasteiger partial charge >= 0.3 is 5.97 Å². The second kappa shape index (κ2) is 8.97. The third kappa shape index (κ3) is 3.86. The summed E-state index contributed by atoms with van der Waals surface area (Å²) in [7, 11) is 1.98. The van der Waals surface area contributed by atoms with Gasteiger partial charge in [0.2, 0.25) is 0 Å². The number of hydrogen-bond donors (Lipinski definition) is 1. The average molecular weight is 639 g/mol. The molecule has 3 aromatic carbocycles. The molecule has 3 heterocycles. The fourth-order valence-electron chi connectivity index (χ4n) is 4.45. The summed E-state index contributed by atoms with van der Waals surface area (Å²) in [5.41, 5.74) is 6.61. The summed E-state index contributed by atoms with van der Waals surface area (Å²) in [6.45, 7) is 0. The molecule has 174 valence electrons. The number of aromatic carboxylic acids is 1. The number of pyridine rings is 1. The van der Waals surface area contributed by atoms with Crippen molar-refractivity contribution < 1.29 is 31.0 Å². The predicted molar refractivity (Wildman–Crippen MR) is 133 cm³/mol. The van der Waals surface area contributed by atoms with Crippen LogP contribution in [0.3, 0.4) is 0 Å². The molecule has 0 unspecified atom stereocenters. The zero-order valence-corrected chi connectivity index (χ0v) is 20.9. The maximum atomic E-state index is 11.9. The topological polar surface area (TPSA) is 82.1 Å². The van der Waals surface area contributed by atoms with Gasteiger partial charge in [0.15, 0.2) is 0 Å². The van der Waals surface area contributed by atoms with Crippen LogP contribution >= 0.6 is 0 Å². The Bertz CT molecular complexity index is 1700. The van der Waals surface area contributed by atoms with Gasteiger partial charge in [-0.1, -0.05) is 66.7 Å². The largest absolute Gasteiger partial charge is 0.663 e. The van der Waals surface area contributed by atoms with E-state index < -0.39 is 5.97 Å². The number of imidazole rings is 1.